The highest BCUT2D eigenvalue weighted by Crippen LogP contribution is 2.13. The summed E-state index contributed by atoms with van der Waals surface area (Å²) in [5.41, 5.74) is -1.39. The number of rotatable bonds is 4. The molecule has 0 unspecified atom stereocenters. The minimum atomic E-state index is -4.05. The fourth-order valence-electron chi connectivity index (χ4n) is 1.70. The molecule has 0 amide bonds. The fourth-order valence-corrected chi connectivity index (χ4v) is 3.21. The van der Waals surface area contributed by atoms with Gasteiger partial charge in [-0.2, -0.15) is 9.57 Å². The molecule has 0 aliphatic heterocycles. The van der Waals surface area contributed by atoms with Crippen LogP contribution in [-0.2, 0) is 24.1 Å². The monoisotopic (exact) mass is 300 g/mol. The second kappa shape index (κ2) is 5.60. The van der Waals surface area contributed by atoms with Crippen molar-refractivity contribution in [2.45, 2.75) is 18.2 Å². The van der Waals surface area contributed by atoms with Crippen LogP contribution in [0.3, 0.4) is 0 Å². The first kappa shape index (κ1) is 16.1. The Balaban J connectivity index is 3.61. The Kier molecular flexibility index (Phi) is 4.52. The molecule has 0 saturated carbocycles. The number of hydrogen-bond acceptors (Lipinski definition) is 5. The highest BCUT2D eigenvalue weighted by atomic mass is 32.2. The lowest BCUT2D eigenvalue weighted by atomic mass is 10.4. The quantitative estimate of drug-likeness (QED) is 0.704. The van der Waals surface area contributed by atoms with Crippen molar-refractivity contribution < 1.29 is 8.42 Å². The lowest BCUT2D eigenvalue weighted by molar-refractivity contribution is 0.470. The predicted octanol–water partition coefficient (Wildman–Crippen LogP) is -1.07. The van der Waals surface area contributed by atoms with Crippen LogP contribution in [0.1, 0.15) is 12.1 Å². The van der Waals surface area contributed by atoms with E-state index in [1.54, 1.807) is 0 Å². The summed E-state index contributed by atoms with van der Waals surface area (Å²) in [7, 11) is -0.142. The molecule has 0 aliphatic rings. The van der Waals surface area contributed by atoms with Crippen LogP contribution in [0.15, 0.2) is 14.5 Å². The molecule has 0 radical (unpaired) electrons. The molecule has 1 heterocycles. The molecule has 0 bridgehead atoms. The second-order valence-corrected chi connectivity index (χ2v) is 6.34. The Morgan fingerprint density at radius 3 is 2.30 bits per heavy atom. The van der Waals surface area contributed by atoms with Crippen LogP contribution >= 0.6 is 0 Å². The number of aromatic nitrogens is 2. The first-order valence-corrected chi connectivity index (χ1v) is 7.20. The molecule has 1 aromatic heterocycles. The number of sulfonamides is 1. The van der Waals surface area contributed by atoms with Crippen LogP contribution in [0.25, 0.3) is 0 Å². The van der Waals surface area contributed by atoms with Crippen molar-refractivity contribution in [1.82, 2.24) is 13.4 Å². The van der Waals surface area contributed by atoms with Gasteiger partial charge >= 0.3 is 5.69 Å². The van der Waals surface area contributed by atoms with E-state index in [0.717, 1.165) is 13.4 Å². The predicted molar refractivity (Wildman–Crippen MR) is 71.7 cm³/mol. The molecule has 1 aromatic rings. The summed E-state index contributed by atoms with van der Waals surface area (Å²) in [6.45, 7) is 1.37. The van der Waals surface area contributed by atoms with E-state index in [-0.39, 0.29) is 18.7 Å². The van der Waals surface area contributed by atoms with Gasteiger partial charge in [0.15, 0.2) is 4.90 Å². The Hall–Kier alpha value is -1.92. The molecule has 0 aromatic carbocycles. The van der Waals surface area contributed by atoms with E-state index in [2.05, 4.69) is 0 Å². The first-order chi connectivity index (χ1) is 9.16. The normalized spacial score (nSPS) is 11.6. The third kappa shape index (κ3) is 2.52. The van der Waals surface area contributed by atoms with E-state index >= 15 is 0 Å². The largest absolute Gasteiger partial charge is 0.330 e. The van der Waals surface area contributed by atoms with E-state index in [4.69, 9.17) is 5.26 Å². The van der Waals surface area contributed by atoms with Crippen LogP contribution in [0, 0.1) is 18.3 Å². The van der Waals surface area contributed by atoms with Crippen molar-refractivity contribution in [3.63, 3.8) is 0 Å². The third-order valence-corrected chi connectivity index (χ3v) is 5.10. The van der Waals surface area contributed by atoms with E-state index in [1.165, 1.54) is 28.1 Å². The number of nitriles is 1. The smallest absolute Gasteiger partial charge is 0.300 e. The van der Waals surface area contributed by atoms with Gasteiger partial charge in [-0.3, -0.25) is 13.9 Å². The maximum Gasteiger partial charge on any atom is 0.330 e. The summed E-state index contributed by atoms with van der Waals surface area (Å²) in [4.78, 5) is 23.3. The maximum absolute atomic E-state index is 12.4. The Morgan fingerprint density at radius 2 is 1.80 bits per heavy atom. The molecule has 0 saturated heterocycles. The molecule has 1 rings (SSSR count). The third-order valence-electron chi connectivity index (χ3n) is 3.11. The molecule has 0 atom stereocenters. The minimum absolute atomic E-state index is 0.0147. The van der Waals surface area contributed by atoms with E-state index in [1.807, 2.05) is 6.07 Å². The highest BCUT2D eigenvalue weighted by Gasteiger charge is 2.28. The molecule has 0 spiro atoms. The number of hydrogen-bond donors (Lipinski definition) is 0. The Bertz CT molecular complexity index is 782. The van der Waals surface area contributed by atoms with E-state index < -0.39 is 26.2 Å². The molecule has 110 valence electrons. The zero-order valence-electron chi connectivity index (χ0n) is 11.7. The summed E-state index contributed by atoms with van der Waals surface area (Å²) < 4.78 is 27.6. The molecule has 9 heteroatoms. The van der Waals surface area contributed by atoms with Crippen molar-refractivity contribution in [1.29, 1.82) is 5.26 Å². The van der Waals surface area contributed by atoms with Crippen molar-refractivity contribution in [3.8, 4) is 6.07 Å². The molecule has 20 heavy (non-hydrogen) atoms. The topological polar surface area (TPSA) is 105 Å². The van der Waals surface area contributed by atoms with Gasteiger partial charge in [0, 0.05) is 39.8 Å². The zero-order valence-corrected chi connectivity index (χ0v) is 12.6. The van der Waals surface area contributed by atoms with Gasteiger partial charge in [0.2, 0.25) is 10.0 Å². The van der Waals surface area contributed by atoms with Crippen LogP contribution < -0.4 is 11.2 Å². The van der Waals surface area contributed by atoms with Crippen molar-refractivity contribution in [3.05, 3.63) is 26.5 Å². The lowest BCUT2D eigenvalue weighted by Gasteiger charge is -2.18. The number of nitrogens with zero attached hydrogens (tertiary/aromatic N) is 4. The summed E-state index contributed by atoms with van der Waals surface area (Å²) in [6.07, 6.45) is 0.0147. The summed E-state index contributed by atoms with van der Waals surface area (Å²) in [5, 5.41) is 8.50. The summed E-state index contributed by atoms with van der Waals surface area (Å²) in [5.74, 6) is 0. The minimum Gasteiger partial charge on any atom is -0.300 e. The first-order valence-electron chi connectivity index (χ1n) is 5.76. The van der Waals surface area contributed by atoms with Gasteiger partial charge in [-0.25, -0.2) is 13.2 Å². The molecule has 8 nitrogen and oxygen atoms in total. The van der Waals surface area contributed by atoms with Crippen LogP contribution in [0.5, 0.6) is 0 Å². The Labute approximate surface area is 116 Å². The summed E-state index contributed by atoms with van der Waals surface area (Å²) >= 11 is 0. The van der Waals surface area contributed by atoms with Crippen LogP contribution in [-0.4, -0.2) is 35.4 Å². The maximum atomic E-state index is 12.4. The van der Waals surface area contributed by atoms with Gasteiger partial charge in [-0.15, -0.1) is 0 Å². The standard InChI is InChI=1S/C11H16N4O4S/c1-8-9(10(16)15(4)11(17)14(8)3)20(18,19)13(2)7-5-6-12/h5,7H2,1-4H3. The lowest BCUT2D eigenvalue weighted by Crippen LogP contribution is -2.43. The molecule has 0 N–H and O–H groups in total. The molecule has 0 fully saturated rings. The average molecular weight is 300 g/mol. The zero-order chi connectivity index (χ0) is 15.7. The van der Waals surface area contributed by atoms with Crippen LogP contribution in [0.2, 0.25) is 0 Å². The average Bonchev–Trinajstić information content (AvgIpc) is 2.40. The fraction of sp³-hybridized carbons (Fsp3) is 0.545. The molecular weight excluding hydrogens is 284 g/mol. The van der Waals surface area contributed by atoms with Gasteiger partial charge in [-0.05, 0) is 6.92 Å². The van der Waals surface area contributed by atoms with Gasteiger partial charge in [0.25, 0.3) is 5.56 Å². The van der Waals surface area contributed by atoms with Gasteiger partial charge < -0.3 is 0 Å². The van der Waals surface area contributed by atoms with E-state index in [9.17, 15) is 18.0 Å². The van der Waals surface area contributed by atoms with Crippen molar-refractivity contribution in [2.24, 2.45) is 14.1 Å². The molecule has 0 aliphatic carbocycles. The van der Waals surface area contributed by atoms with Gasteiger partial charge in [0.1, 0.15) is 0 Å². The van der Waals surface area contributed by atoms with Gasteiger partial charge in [-0.1, -0.05) is 0 Å². The second-order valence-electron chi connectivity index (χ2n) is 4.35. The van der Waals surface area contributed by atoms with Crippen LogP contribution in [0.4, 0.5) is 0 Å². The SMILES string of the molecule is Cc1c(S(=O)(=O)N(C)CCC#N)c(=O)n(C)c(=O)n1C. The Morgan fingerprint density at radius 1 is 1.25 bits per heavy atom. The van der Waals surface area contributed by atoms with E-state index in [0.29, 0.717) is 0 Å². The van der Waals surface area contributed by atoms with Gasteiger partial charge in [0.05, 0.1) is 6.07 Å². The molecular formula is C11H16N4O4S. The highest BCUT2D eigenvalue weighted by molar-refractivity contribution is 7.89. The summed E-state index contributed by atoms with van der Waals surface area (Å²) in [6, 6.07) is 1.84. The van der Waals surface area contributed by atoms with Crippen molar-refractivity contribution in [2.75, 3.05) is 13.6 Å². The van der Waals surface area contributed by atoms with Crippen molar-refractivity contribution >= 4 is 10.0 Å².